The number of methoxy groups -OCH3 is 1. The molecule has 2 aromatic rings. The zero-order valence-electron chi connectivity index (χ0n) is 16.0. The van der Waals surface area contributed by atoms with Crippen molar-refractivity contribution in [2.24, 2.45) is 0 Å². The Morgan fingerprint density at radius 2 is 2.03 bits per heavy atom. The van der Waals surface area contributed by atoms with Crippen LogP contribution in [-0.2, 0) is 16.0 Å². The molecule has 0 N–H and O–H groups in total. The van der Waals surface area contributed by atoms with Crippen molar-refractivity contribution < 1.29 is 24.0 Å². The van der Waals surface area contributed by atoms with E-state index in [2.05, 4.69) is 0 Å². The summed E-state index contributed by atoms with van der Waals surface area (Å²) in [5.74, 6) is -0.563. The van der Waals surface area contributed by atoms with E-state index in [4.69, 9.17) is 9.47 Å². The van der Waals surface area contributed by atoms with Crippen LogP contribution in [0.2, 0.25) is 0 Å². The Morgan fingerprint density at radius 1 is 1.24 bits per heavy atom. The highest BCUT2D eigenvalue weighted by Crippen LogP contribution is 2.31. The quantitative estimate of drug-likeness (QED) is 0.308. The summed E-state index contributed by atoms with van der Waals surface area (Å²) in [6, 6.07) is 9.69. The number of carbonyl (C=O) groups is 2. The lowest BCUT2D eigenvalue weighted by Crippen LogP contribution is -2.38. The van der Waals surface area contributed by atoms with Gasteiger partial charge >= 0.3 is 5.97 Å². The minimum absolute atomic E-state index is 0.168. The van der Waals surface area contributed by atoms with Crippen molar-refractivity contribution in [1.29, 1.82) is 0 Å². The maximum Gasteiger partial charge on any atom is 0.345 e. The number of amides is 1. The monoisotopic (exact) mass is 416 g/mol. The van der Waals surface area contributed by atoms with Crippen molar-refractivity contribution in [3.63, 3.8) is 0 Å². The number of hydrogen-bond donors (Lipinski definition) is 0. The lowest BCUT2D eigenvalue weighted by molar-refractivity contribution is -0.385. The largest absolute Gasteiger partial charge is 0.497 e. The average Bonchev–Trinajstić information content (AvgIpc) is 2.75. The average molecular weight is 416 g/mol. The Hall–Kier alpha value is -3.07. The van der Waals surface area contributed by atoms with E-state index in [9.17, 15) is 19.7 Å². The van der Waals surface area contributed by atoms with E-state index in [0.717, 1.165) is 24.1 Å². The number of benzene rings is 2. The van der Waals surface area contributed by atoms with Crippen molar-refractivity contribution in [1.82, 2.24) is 0 Å². The minimum atomic E-state index is -0.895. The van der Waals surface area contributed by atoms with Crippen LogP contribution in [0.5, 0.6) is 5.75 Å². The zero-order chi connectivity index (χ0) is 21.0. The molecule has 1 heterocycles. The number of nitrogens with zero attached hydrogens (tertiary/aromatic N) is 2. The summed E-state index contributed by atoms with van der Waals surface area (Å²) in [5.41, 5.74) is 1.22. The highest BCUT2D eigenvalue weighted by Gasteiger charge is 2.26. The first kappa shape index (κ1) is 20.7. The van der Waals surface area contributed by atoms with Crippen molar-refractivity contribution in [2.75, 3.05) is 31.4 Å². The number of carbonyl (C=O) groups excluding carboxylic acids is 2. The van der Waals surface area contributed by atoms with Gasteiger partial charge in [0.15, 0.2) is 6.61 Å². The number of fused-ring (bicyclic) bond motifs is 1. The van der Waals surface area contributed by atoms with E-state index in [-0.39, 0.29) is 17.2 Å². The van der Waals surface area contributed by atoms with Gasteiger partial charge in [0.25, 0.3) is 11.6 Å². The standard InChI is InChI=1S/C20H20N2O6S/c1-27-14-5-7-17-13(10-14)4-3-9-21(17)19(23)12-28-20(24)16-11-15(29-2)6-8-18(16)22(25)26/h5-8,10-11H,3-4,9,12H2,1-2H3. The molecule has 1 aliphatic heterocycles. The van der Waals surface area contributed by atoms with Gasteiger partial charge in [0.1, 0.15) is 11.3 Å². The third kappa shape index (κ3) is 4.51. The van der Waals surface area contributed by atoms with Gasteiger partial charge in [-0.25, -0.2) is 4.79 Å². The summed E-state index contributed by atoms with van der Waals surface area (Å²) in [5, 5.41) is 11.2. The molecular formula is C20H20N2O6S. The molecule has 3 rings (SSSR count). The van der Waals surface area contributed by atoms with Crippen LogP contribution >= 0.6 is 11.8 Å². The normalized spacial score (nSPS) is 12.8. The fourth-order valence-corrected chi connectivity index (χ4v) is 3.65. The number of anilines is 1. The molecule has 1 aliphatic rings. The second-order valence-electron chi connectivity index (χ2n) is 6.36. The van der Waals surface area contributed by atoms with Crippen LogP contribution in [0.25, 0.3) is 0 Å². The van der Waals surface area contributed by atoms with Gasteiger partial charge in [0.2, 0.25) is 0 Å². The topological polar surface area (TPSA) is 99.0 Å². The second kappa shape index (κ2) is 8.95. The minimum Gasteiger partial charge on any atom is -0.497 e. The Labute approximate surface area is 171 Å². The molecule has 0 radical (unpaired) electrons. The van der Waals surface area contributed by atoms with E-state index < -0.39 is 17.5 Å². The van der Waals surface area contributed by atoms with Crippen LogP contribution in [0.4, 0.5) is 11.4 Å². The van der Waals surface area contributed by atoms with Gasteiger partial charge in [0, 0.05) is 23.2 Å². The van der Waals surface area contributed by atoms with Crippen LogP contribution in [-0.4, -0.2) is 43.3 Å². The molecule has 0 saturated heterocycles. The number of hydrogen-bond acceptors (Lipinski definition) is 7. The molecule has 0 spiro atoms. The lowest BCUT2D eigenvalue weighted by atomic mass is 10.0. The number of ether oxygens (including phenoxy) is 2. The van der Waals surface area contributed by atoms with E-state index in [1.807, 2.05) is 6.07 Å². The Balaban J connectivity index is 1.74. The van der Waals surface area contributed by atoms with Crippen LogP contribution in [0, 0.1) is 10.1 Å². The molecule has 0 unspecified atom stereocenters. The molecule has 0 bridgehead atoms. The van der Waals surface area contributed by atoms with Crippen LogP contribution in [0.3, 0.4) is 0 Å². The molecule has 0 atom stereocenters. The molecule has 29 heavy (non-hydrogen) atoms. The van der Waals surface area contributed by atoms with Gasteiger partial charge in [-0.15, -0.1) is 11.8 Å². The van der Waals surface area contributed by atoms with Crippen LogP contribution in [0.15, 0.2) is 41.3 Å². The predicted octanol–water partition coefficient (Wildman–Crippen LogP) is 3.46. The lowest BCUT2D eigenvalue weighted by Gasteiger charge is -2.29. The Kier molecular flexibility index (Phi) is 6.38. The van der Waals surface area contributed by atoms with Crippen molar-refractivity contribution >= 4 is 35.0 Å². The van der Waals surface area contributed by atoms with Gasteiger partial charge in [0.05, 0.1) is 12.0 Å². The number of nitro groups is 1. The Bertz CT molecular complexity index is 962. The van der Waals surface area contributed by atoms with E-state index in [1.54, 1.807) is 36.5 Å². The van der Waals surface area contributed by atoms with Gasteiger partial charge < -0.3 is 14.4 Å². The third-order valence-corrected chi connectivity index (χ3v) is 5.38. The molecule has 2 aromatic carbocycles. The molecular weight excluding hydrogens is 396 g/mol. The molecule has 8 nitrogen and oxygen atoms in total. The van der Waals surface area contributed by atoms with Crippen LogP contribution in [0.1, 0.15) is 22.3 Å². The zero-order valence-corrected chi connectivity index (χ0v) is 16.9. The summed E-state index contributed by atoms with van der Waals surface area (Å²) in [6.45, 7) is 0.0166. The maximum absolute atomic E-state index is 12.7. The van der Waals surface area contributed by atoms with Gasteiger partial charge in [-0.1, -0.05) is 0 Å². The summed E-state index contributed by atoms with van der Waals surface area (Å²) < 4.78 is 10.3. The van der Waals surface area contributed by atoms with Gasteiger partial charge in [-0.2, -0.15) is 0 Å². The van der Waals surface area contributed by atoms with Gasteiger partial charge in [-0.3, -0.25) is 14.9 Å². The van der Waals surface area contributed by atoms with E-state index >= 15 is 0 Å². The fourth-order valence-electron chi connectivity index (χ4n) is 3.21. The van der Waals surface area contributed by atoms with Crippen LogP contribution < -0.4 is 9.64 Å². The molecule has 9 heteroatoms. The molecule has 0 fully saturated rings. The van der Waals surface area contributed by atoms with E-state index in [1.165, 1.54) is 23.9 Å². The fraction of sp³-hybridized carbons (Fsp3) is 0.300. The predicted molar refractivity (Wildman–Crippen MR) is 109 cm³/mol. The van der Waals surface area contributed by atoms with E-state index in [0.29, 0.717) is 17.2 Å². The first-order valence-corrected chi connectivity index (χ1v) is 10.1. The van der Waals surface area contributed by atoms with Crippen molar-refractivity contribution in [2.45, 2.75) is 17.7 Å². The summed E-state index contributed by atoms with van der Waals surface area (Å²) in [4.78, 5) is 37.9. The number of esters is 1. The van der Waals surface area contributed by atoms with Gasteiger partial charge in [-0.05, 0) is 55.0 Å². The SMILES string of the molecule is COc1ccc2c(c1)CCCN2C(=O)COC(=O)c1cc(SC)ccc1[N+](=O)[O-]. The maximum atomic E-state index is 12.7. The number of aryl methyl sites for hydroxylation is 1. The van der Waals surface area contributed by atoms with Crippen molar-refractivity contribution in [3.8, 4) is 5.75 Å². The highest BCUT2D eigenvalue weighted by molar-refractivity contribution is 7.98. The van der Waals surface area contributed by atoms with Crippen molar-refractivity contribution in [3.05, 3.63) is 57.6 Å². The number of rotatable bonds is 6. The third-order valence-electron chi connectivity index (χ3n) is 4.65. The first-order chi connectivity index (χ1) is 13.9. The summed E-state index contributed by atoms with van der Waals surface area (Å²) in [6.07, 6.45) is 3.40. The molecule has 0 saturated carbocycles. The smallest absolute Gasteiger partial charge is 0.345 e. The number of thioether (sulfide) groups is 1. The molecule has 0 aromatic heterocycles. The molecule has 1 amide bonds. The molecule has 0 aliphatic carbocycles. The summed E-state index contributed by atoms with van der Waals surface area (Å²) in [7, 11) is 1.58. The molecule has 152 valence electrons. The Morgan fingerprint density at radius 3 is 2.72 bits per heavy atom. The number of nitro benzene ring substituents is 1. The highest BCUT2D eigenvalue weighted by atomic mass is 32.2. The summed E-state index contributed by atoms with van der Waals surface area (Å²) >= 11 is 1.35. The second-order valence-corrected chi connectivity index (χ2v) is 7.24. The first-order valence-electron chi connectivity index (χ1n) is 8.91.